The van der Waals surface area contributed by atoms with Gasteiger partial charge in [0.1, 0.15) is 6.61 Å². The van der Waals surface area contributed by atoms with E-state index in [4.69, 9.17) is 5.73 Å². The maximum Gasteiger partial charge on any atom is 0.261 e. The molecule has 0 amide bonds. The maximum atomic E-state index is 12.0. The molecule has 0 unspecified atom stereocenters. The molecular formula is C11H19F2N3O3S. The van der Waals surface area contributed by atoms with Crippen LogP contribution in [0.1, 0.15) is 12.6 Å². The number of ether oxygens (including phenoxy) is 1. The van der Waals surface area contributed by atoms with Crippen molar-refractivity contribution in [3.8, 4) is 0 Å². The highest BCUT2D eigenvalue weighted by atomic mass is 32.2. The standard InChI is InChI=1S/C11H19F2N3O3S/c1-2-16-7-10(5-9(16)6-14)20(17,18)15-3-4-19-8-11(12)13/h5,7,11,15H,2-4,6,8,14H2,1H3. The number of hydrogen-bond acceptors (Lipinski definition) is 4. The Labute approximate surface area is 117 Å². The van der Waals surface area contributed by atoms with Gasteiger partial charge in [-0.15, -0.1) is 0 Å². The van der Waals surface area contributed by atoms with Gasteiger partial charge in [-0.25, -0.2) is 21.9 Å². The Morgan fingerprint density at radius 1 is 1.50 bits per heavy atom. The number of rotatable bonds is 9. The summed E-state index contributed by atoms with van der Waals surface area (Å²) in [5, 5.41) is 0. The van der Waals surface area contributed by atoms with Crippen molar-refractivity contribution < 1.29 is 21.9 Å². The summed E-state index contributed by atoms with van der Waals surface area (Å²) in [4.78, 5) is 0.105. The molecule has 116 valence electrons. The van der Waals surface area contributed by atoms with E-state index in [-0.39, 0.29) is 24.6 Å². The molecule has 0 saturated carbocycles. The summed E-state index contributed by atoms with van der Waals surface area (Å²) >= 11 is 0. The van der Waals surface area contributed by atoms with Crippen molar-refractivity contribution >= 4 is 10.0 Å². The molecule has 1 aromatic heterocycles. The van der Waals surface area contributed by atoms with Crippen molar-refractivity contribution in [3.63, 3.8) is 0 Å². The lowest BCUT2D eigenvalue weighted by atomic mass is 10.4. The van der Waals surface area contributed by atoms with Crippen molar-refractivity contribution in [2.75, 3.05) is 19.8 Å². The van der Waals surface area contributed by atoms with E-state index in [1.54, 1.807) is 4.57 Å². The maximum absolute atomic E-state index is 12.0. The fraction of sp³-hybridized carbons (Fsp3) is 0.636. The van der Waals surface area contributed by atoms with Crippen molar-refractivity contribution in [2.45, 2.75) is 31.3 Å². The van der Waals surface area contributed by atoms with Crippen LogP contribution in [-0.4, -0.2) is 39.2 Å². The molecule has 1 rings (SSSR count). The largest absolute Gasteiger partial charge is 0.374 e. The third kappa shape index (κ3) is 4.82. The van der Waals surface area contributed by atoms with Crippen molar-refractivity contribution in [1.29, 1.82) is 0 Å². The Kier molecular flexibility index (Phi) is 6.53. The van der Waals surface area contributed by atoms with Gasteiger partial charge in [-0.2, -0.15) is 0 Å². The van der Waals surface area contributed by atoms with Gasteiger partial charge in [0.25, 0.3) is 6.43 Å². The van der Waals surface area contributed by atoms with Gasteiger partial charge in [0, 0.05) is 31.5 Å². The van der Waals surface area contributed by atoms with Crippen LogP contribution in [-0.2, 0) is 27.8 Å². The summed E-state index contributed by atoms with van der Waals surface area (Å²) in [6, 6.07) is 1.49. The van der Waals surface area contributed by atoms with E-state index in [0.717, 1.165) is 0 Å². The fourth-order valence-corrected chi connectivity index (χ4v) is 2.72. The number of hydrogen-bond donors (Lipinski definition) is 2. The van der Waals surface area contributed by atoms with Gasteiger partial charge in [0.15, 0.2) is 0 Å². The molecule has 0 aliphatic carbocycles. The molecule has 9 heteroatoms. The fourth-order valence-electron chi connectivity index (χ4n) is 1.64. The Hall–Kier alpha value is -1.03. The lowest BCUT2D eigenvalue weighted by molar-refractivity contribution is 0.0199. The molecule has 0 bridgehead atoms. The van der Waals surface area contributed by atoms with Crippen LogP contribution in [0.15, 0.2) is 17.2 Å². The van der Waals surface area contributed by atoms with E-state index in [9.17, 15) is 17.2 Å². The Bertz CT molecular complexity index is 495. The predicted molar refractivity (Wildman–Crippen MR) is 70.0 cm³/mol. The Balaban J connectivity index is 2.58. The van der Waals surface area contributed by atoms with Crippen LogP contribution in [0.2, 0.25) is 0 Å². The van der Waals surface area contributed by atoms with Crippen LogP contribution in [0.25, 0.3) is 0 Å². The minimum atomic E-state index is -3.68. The normalized spacial score (nSPS) is 12.2. The summed E-state index contributed by atoms with van der Waals surface area (Å²) in [7, 11) is -3.68. The van der Waals surface area contributed by atoms with Crippen LogP contribution in [0.4, 0.5) is 8.78 Å². The number of nitrogens with zero attached hydrogens (tertiary/aromatic N) is 1. The molecule has 0 aliphatic heterocycles. The predicted octanol–water partition coefficient (Wildman–Crippen LogP) is 0.527. The summed E-state index contributed by atoms with van der Waals surface area (Å²) in [5.74, 6) is 0. The van der Waals surface area contributed by atoms with E-state index < -0.39 is 23.1 Å². The molecule has 1 heterocycles. The molecular weight excluding hydrogens is 292 g/mol. The molecule has 0 spiro atoms. The minimum absolute atomic E-state index is 0.0652. The number of nitrogens with two attached hydrogens (primary N) is 1. The molecule has 0 radical (unpaired) electrons. The molecule has 0 aromatic carbocycles. The zero-order valence-corrected chi connectivity index (χ0v) is 12.0. The molecule has 0 atom stereocenters. The van der Waals surface area contributed by atoms with Crippen molar-refractivity contribution in [2.24, 2.45) is 5.73 Å². The number of halogens is 2. The van der Waals surface area contributed by atoms with Crippen LogP contribution in [0.5, 0.6) is 0 Å². The number of sulfonamides is 1. The van der Waals surface area contributed by atoms with Crippen LogP contribution in [0, 0.1) is 0 Å². The zero-order chi connectivity index (χ0) is 15.2. The third-order valence-electron chi connectivity index (χ3n) is 2.60. The first kappa shape index (κ1) is 17.0. The van der Waals surface area contributed by atoms with Gasteiger partial charge in [-0.05, 0) is 13.0 Å². The van der Waals surface area contributed by atoms with Gasteiger partial charge in [-0.1, -0.05) is 0 Å². The smallest absolute Gasteiger partial charge is 0.261 e. The Morgan fingerprint density at radius 3 is 2.70 bits per heavy atom. The number of nitrogens with one attached hydrogen (secondary N) is 1. The number of alkyl halides is 2. The van der Waals surface area contributed by atoms with E-state index in [0.29, 0.717) is 12.2 Å². The van der Waals surface area contributed by atoms with Crippen LogP contribution < -0.4 is 10.5 Å². The summed E-state index contributed by atoms with van der Waals surface area (Å²) < 4.78 is 56.2. The molecule has 3 N–H and O–H groups in total. The van der Waals surface area contributed by atoms with Gasteiger partial charge >= 0.3 is 0 Å². The second kappa shape index (κ2) is 7.67. The zero-order valence-electron chi connectivity index (χ0n) is 11.2. The molecule has 0 fully saturated rings. The molecule has 6 nitrogen and oxygen atoms in total. The van der Waals surface area contributed by atoms with Crippen LogP contribution >= 0.6 is 0 Å². The number of aromatic nitrogens is 1. The lowest BCUT2D eigenvalue weighted by Gasteiger charge is -2.05. The molecule has 0 saturated heterocycles. The first-order chi connectivity index (χ1) is 9.40. The topological polar surface area (TPSA) is 86.3 Å². The summed E-state index contributed by atoms with van der Waals surface area (Å²) in [6.07, 6.45) is -1.07. The van der Waals surface area contributed by atoms with Crippen molar-refractivity contribution in [3.05, 3.63) is 18.0 Å². The quantitative estimate of drug-likeness (QED) is 0.651. The first-order valence-electron chi connectivity index (χ1n) is 6.15. The summed E-state index contributed by atoms with van der Waals surface area (Å²) in [5.41, 5.74) is 6.23. The second-order valence-electron chi connectivity index (χ2n) is 4.02. The van der Waals surface area contributed by atoms with Gasteiger partial charge < -0.3 is 15.0 Å². The second-order valence-corrected chi connectivity index (χ2v) is 5.79. The van der Waals surface area contributed by atoms with E-state index >= 15 is 0 Å². The third-order valence-corrected chi connectivity index (χ3v) is 4.03. The SMILES string of the molecule is CCn1cc(S(=O)(=O)NCCOCC(F)F)cc1CN. The van der Waals surface area contributed by atoms with Crippen LogP contribution in [0.3, 0.4) is 0 Å². The molecule has 0 aliphatic rings. The first-order valence-corrected chi connectivity index (χ1v) is 7.63. The van der Waals surface area contributed by atoms with Gasteiger partial charge in [0.2, 0.25) is 10.0 Å². The highest BCUT2D eigenvalue weighted by Crippen LogP contribution is 2.14. The average Bonchev–Trinajstić information content (AvgIpc) is 2.81. The molecule has 20 heavy (non-hydrogen) atoms. The molecule has 1 aromatic rings. The average molecular weight is 311 g/mol. The highest BCUT2D eigenvalue weighted by molar-refractivity contribution is 7.89. The van der Waals surface area contributed by atoms with E-state index in [1.807, 2.05) is 6.92 Å². The highest BCUT2D eigenvalue weighted by Gasteiger charge is 2.17. The minimum Gasteiger partial charge on any atom is -0.374 e. The number of aryl methyl sites for hydroxylation is 1. The lowest BCUT2D eigenvalue weighted by Crippen LogP contribution is -2.27. The van der Waals surface area contributed by atoms with E-state index in [2.05, 4.69) is 9.46 Å². The Morgan fingerprint density at radius 2 is 2.20 bits per heavy atom. The van der Waals surface area contributed by atoms with E-state index in [1.165, 1.54) is 12.3 Å². The summed E-state index contributed by atoms with van der Waals surface area (Å²) in [6.45, 7) is 1.85. The van der Waals surface area contributed by atoms with Gasteiger partial charge in [0.05, 0.1) is 11.5 Å². The van der Waals surface area contributed by atoms with Crippen molar-refractivity contribution in [1.82, 2.24) is 9.29 Å². The monoisotopic (exact) mass is 311 g/mol. The van der Waals surface area contributed by atoms with Gasteiger partial charge in [-0.3, -0.25) is 0 Å².